The fourth-order valence-corrected chi connectivity index (χ4v) is 10.1. The van der Waals surface area contributed by atoms with Gasteiger partial charge in [0.25, 0.3) is 0 Å². The first-order chi connectivity index (χ1) is 21.8. The highest BCUT2D eigenvalue weighted by molar-refractivity contribution is 5.94. The molecule has 8 rings (SSSR count). The highest BCUT2D eigenvalue weighted by atomic mass is 16.8. The molecule has 46 heavy (non-hydrogen) atoms. The average Bonchev–Trinajstić information content (AvgIpc) is 3.64. The van der Waals surface area contributed by atoms with Crippen molar-refractivity contribution >= 4 is 23.9 Å². The van der Waals surface area contributed by atoms with E-state index < -0.39 is 100.0 Å². The molecule has 242 valence electrons. The zero-order chi connectivity index (χ0) is 32.6. The second-order valence-electron chi connectivity index (χ2n) is 14.3. The van der Waals surface area contributed by atoms with Crippen LogP contribution in [0.5, 0.6) is 0 Å². The normalized spacial score (nSPS) is 44.6. The average molecular weight is 635 g/mol. The molecule has 4 saturated heterocycles. The third-order valence-electron chi connectivity index (χ3n) is 11.4. The van der Waals surface area contributed by atoms with Crippen LogP contribution in [0.2, 0.25) is 0 Å². The van der Waals surface area contributed by atoms with Gasteiger partial charge in [0.2, 0.25) is 11.9 Å². The van der Waals surface area contributed by atoms with Crippen molar-refractivity contribution < 1.29 is 57.8 Å². The highest BCUT2D eigenvalue weighted by Gasteiger charge is 3.05. The zero-order valence-corrected chi connectivity index (χ0v) is 25.6. The van der Waals surface area contributed by atoms with E-state index in [1.165, 1.54) is 6.92 Å². The van der Waals surface area contributed by atoms with Gasteiger partial charge in [-0.3, -0.25) is 4.79 Å². The number of hydrogen-bond donors (Lipinski definition) is 2. The predicted molar refractivity (Wildman–Crippen MR) is 152 cm³/mol. The van der Waals surface area contributed by atoms with E-state index >= 15 is 0 Å². The van der Waals surface area contributed by atoms with Crippen molar-refractivity contribution in [2.24, 2.45) is 28.1 Å². The van der Waals surface area contributed by atoms with E-state index in [1.54, 1.807) is 30.3 Å². The molecule has 2 bridgehead atoms. The molecule has 2 saturated carbocycles. The molecule has 6 aliphatic rings. The van der Waals surface area contributed by atoms with E-state index in [4.69, 9.17) is 28.4 Å². The van der Waals surface area contributed by atoms with Crippen molar-refractivity contribution in [2.45, 2.75) is 82.3 Å². The lowest BCUT2D eigenvalue weighted by molar-refractivity contribution is -0.281. The third-order valence-corrected chi connectivity index (χ3v) is 11.4. The lowest BCUT2D eigenvalue weighted by Gasteiger charge is -2.51. The van der Waals surface area contributed by atoms with Crippen molar-refractivity contribution in [1.82, 2.24) is 0 Å². The Hall–Kier alpha value is -3.84. The molecular formula is C34H34O12. The summed E-state index contributed by atoms with van der Waals surface area (Å²) in [5.41, 5.74) is -8.89. The van der Waals surface area contributed by atoms with Gasteiger partial charge in [-0.1, -0.05) is 69.3 Å². The van der Waals surface area contributed by atoms with Crippen molar-refractivity contribution in [1.29, 1.82) is 0 Å². The molecular weight excluding hydrogens is 600 g/mol. The molecule has 4 aliphatic heterocycles. The van der Waals surface area contributed by atoms with Crippen LogP contribution in [0.4, 0.5) is 0 Å². The van der Waals surface area contributed by atoms with Crippen molar-refractivity contribution in [3.63, 3.8) is 0 Å². The number of rotatable bonds is 5. The van der Waals surface area contributed by atoms with Crippen LogP contribution in [-0.4, -0.2) is 82.1 Å². The van der Waals surface area contributed by atoms with Gasteiger partial charge in [0.05, 0.1) is 28.9 Å². The van der Waals surface area contributed by atoms with E-state index in [-0.39, 0.29) is 12.2 Å². The Morgan fingerprint density at radius 3 is 2.24 bits per heavy atom. The first kappa shape index (κ1) is 29.6. The first-order valence-electron chi connectivity index (χ1n) is 15.4. The monoisotopic (exact) mass is 634 g/mol. The van der Waals surface area contributed by atoms with E-state index in [0.717, 1.165) is 5.56 Å². The summed E-state index contributed by atoms with van der Waals surface area (Å²) in [6.07, 6.45) is -9.33. The summed E-state index contributed by atoms with van der Waals surface area (Å²) in [4.78, 5) is 55.3. The summed E-state index contributed by atoms with van der Waals surface area (Å²) in [5, 5.41) is 25.2. The minimum atomic E-state index is -2.56. The fourth-order valence-electron chi connectivity index (χ4n) is 10.1. The molecule has 0 amide bonds. The number of carbonyl (C=O) groups is 4. The molecule has 12 nitrogen and oxygen atoms in total. The summed E-state index contributed by atoms with van der Waals surface area (Å²) in [6.45, 7) is 6.89. The van der Waals surface area contributed by atoms with Gasteiger partial charge in [-0.05, 0) is 30.0 Å². The van der Waals surface area contributed by atoms with E-state index in [1.807, 2.05) is 51.1 Å². The highest BCUT2D eigenvalue weighted by Crippen LogP contribution is 2.84. The summed E-state index contributed by atoms with van der Waals surface area (Å²) in [7, 11) is 0. The molecule has 2 aromatic carbocycles. The molecule has 0 radical (unpaired) electrons. The Morgan fingerprint density at radius 1 is 0.935 bits per heavy atom. The smallest absolute Gasteiger partial charge is 0.343 e. The maximum Gasteiger partial charge on any atom is 0.343 e. The van der Waals surface area contributed by atoms with Gasteiger partial charge >= 0.3 is 23.9 Å². The Bertz CT molecular complexity index is 1650. The number of ether oxygens (including phenoxy) is 6. The van der Waals surface area contributed by atoms with E-state index in [0.29, 0.717) is 0 Å². The molecule has 0 aromatic heterocycles. The van der Waals surface area contributed by atoms with Crippen LogP contribution in [0.3, 0.4) is 0 Å². The number of esters is 4. The molecule has 2 aliphatic carbocycles. The van der Waals surface area contributed by atoms with Crippen LogP contribution in [0.25, 0.3) is 0 Å². The number of aliphatic hydroxyl groups is 2. The van der Waals surface area contributed by atoms with Crippen LogP contribution in [0.1, 0.15) is 43.6 Å². The topological polar surface area (TPSA) is 164 Å². The number of aliphatic hydroxyl groups excluding tert-OH is 1. The summed E-state index contributed by atoms with van der Waals surface area (Å²) in [5.74, 6) is -5.83. The van der Waals surface area contributed by atoms with Crippen molar-refractivity contribution in [2.75, 3.05) is 0 Å². The van der Waals surface area contributed by atoms with Gasteiger partial charge in [0.15, 0.2) is 23.9 Å². The van der Waals surface area contributed by atoms with Crippen LogP contribution in [0.15, 0.2) is 60.7 Å². The van der Waals surface area contributed by atoms with Gasteiger partial charge in [0, 0.05) is 5.92 Å². The van der Waals surface area contributed by atoms with Crippen molar-refractivity contribution in [3.8, 4) is 0 Å². The quantitative estimate of drug-likeness (QED) is 0.362. The van der Waals surface area contributed by atoms with Gasteiger partial charge in [-0.2, -0.15) is 0 Å². The fraction of sp³-hybridized carbons (Fsp3) is 0.529. The standard InChI is InChI=1S/C34H34O12/c1-16-25(36)44-23-21(35)32-22(43-26(37)18-13-9-6-10-14-18)19-20(30(2,3)4)31(32)24(41-15-17-11-7-5-8-12-17)27(38)45-29(31)46-34(32,28(39)42-19)33(16,23)40/h5-14,16,19-24,29,35,40H,15H2,1-4H3/t16-,19-,20+,21?,22-,23?,24?,29+,31?,32?,33-,34-/m1/s1. The minimum absolute atomic E-state index is 0.0574. The Kier molecular flexibility index (Phi) is 5.88. The zero-order valence-electron chi connectivity index (χ0n) is 25.6. The number of hydrogen-bond acceptors (Lipinski definition) is 12. The minimum Gasteiger partial charge on any atom is -0.456 e. The predicted octanol–water partition coefficient (Wildman–Crippen LogP) is 1.69. The van der Waals surface area contributed by atoms with Crippen molar-refractivity contribution in [3.05, 3.63) is 71.8 Å². The lowest BCUT2D eigenvalue weighted by Crippen LogP contribution is -2.74. The molecule has 4 heterocycles. The maximum absolute atomic E-state index is 14.5. The summed E-state index contributed by atoms with van der Waals surface area (Å²) < 4.78 is 36.9. The number of carbonyl (C=O) groups excluding carboxylic acids is 4. The second kappa shape index (κ2) is 9.15. The van der Waals surface area contributed by atoms with Gasteiger partial charge in [-0.15, -0.1) is 0 Å². The Morgan fingerprint density at radius 2 is 1.59 bits per heavy atom. The summed E-state index contributed by atoms with van der Waals surface area (Å²) in [6, 6.07) is 17.2. The van der Waals surface area contributed by atoms with E-state index in [2.05, 4.69) is 0 Å². The maximum atomic E-state index is 14.5. The lowest BCUT2D eigenvalue weighted by atomic mass is 9.50. The third kappa shape index (κ3) is 3.00. The number of benzene rings is 2. The van der Waals surface area contributed by atoms with Crippen LogP contribution >= 0.6 is 0 Å². The second-order valence-corrected chi connectivity index (χ2v) is 14.3. The van der Waals surface area contributed by atoms with Crippen LogP contribution in [-0.2, 0) is 49.4 Å². The van der Waals surface area contributed by atoms with Gasteiger partial charge < -0.3 is 38.6 Å². The number of fused-ring (bicyclic) bond motifs is 2. The van der Waals surface area contributed by atoms with Crippen LogP contribution in [0, 0.1) is 28.1 Å². The van der Waals surface area contributed by atoms with E-state index in [9.17, 15) is 29.4 Å². The Balaban J connectivity index is 1.40. The summed E-state index contributed by atoms with van der Waals surface area (Å²) >= 11 is 0. The molecule has 5 unspecified atom stereocenters. The molecule has 6 fully saturated rings. The van der Waals surface area contributed by atoms with Crippen LogP contribution < -0.4 is 0 Å². The molecule has 12 heteroatoms. The molecule has 12 atom stereocenters. The largest absolute Gasteiger partial charge is 0.456 e. The molecule has 2 N–H and O–H groups in total. The molecule has 2 spiro atoms. The van der Waals surface area contributed by atoms with Gasteiger partial charge in [0.1, 0.15) is 12.2 Å². The van der Waals surface area contributed by atoms with Gasteiger partial charge in [-0.25, -0.2) is 14.4 Å². The first-order valence-corrected chi connectivity index (χ1v) is 15.4. The molecule has 2 aromatic rings. The Labute approximate surface area is 263 Å². The SMILES string of the molecule is C[C@@H]1C(=O)OC2C(O)C34[C@H](OC(=O)c5ccccc5)[C@@H]5OC(=O)[C@]3(O[C@@H]3OC(=O)C(OCc6ccccc6)C34[C@@H]5C(C)(C)C)[C@]21O.